The van der Waals surface area contributed by atoms with Gasteiger partial charge >= 0.3 is 24.2 Å². The largest absolute Gasteiger partial charge is 0.460 e. The number of carbonyl (C=O) groups excluding carboxylic acids is 3. The van der Waals surface area contributed by atoms with Crippen molar-refractivity contribution in [2.75, 3.05) is 13.2 Å². The molecule has 1 amide bonds. The summed E-state index contributed by atoms with van der Waals surface area (Å²) in [4.78, 5) is 37.7. The van der Waals surface area contributed by atoms with Crippen molar-refractivity contribution >= 4 is 28.1 Å². The first-order valence-corrected chi connectivity index (χ1v) is 15.0. The van der Waals surface area contributed by atoms with E-state index in [1.165, 1.54) is 0 Å². The topological polar surface area (TPSA) is 134 Å². The number of unbranched alkanes of at least 4 members (excludes halogenated alkanes) is 1. The van der Waals surface area contributed by atoms with Crippen LogP contribution in [0.2, 0.25) is 0 Å². The minimum absolute atomic E-state index is 0.0428. The number of halogens is 3. The van der Waals surface area contributed by atoms with E-state index in [1.807, 2.05) is 6.92 Å². The average Bonchev–Trinajstić information content (AvgIpc) is 2.82. The van der Waals surface area contributed by atoms with E-state index < -0.39 is 74.6 Å². The number of esters is 2. The first-order valence-electron chi connectivity index (χ1n) is 13.6. The Bertz CT molecular complexity index is 1160. The molecule has 0 saturated heterocycles. The Kier molecular flexibility index (Phi) is 13.8. The number of ether oxygens (including phenoxy) is 3. The Morgan fingerprint density at radius 3 is 2.05 bits per heavy atom. The minimum Gasteiger partial charge on any atom is -0.460 e. The lowest BCUT2D eigenvalue weighted by molar-refractivity contribution is -0.163. The third kappa shape index (κ3) is 14.3. The van der Waals surface area contributed by atoms with Gasteiger partial charge in [-0.25, -0.2) is 9.59 Å². The molecule has 1 N–H and O–H groups in total. The fourth-order valence-electron chi connectivity index (χ4n) is 3.48. The summed E-state index contributed by atoms with van der Waals surface area (Å²) in [7, 11) is -4.54. The zero-order chi connectivity index (χ0) is 32.4. The van der Waals surface area contributed by atoms with Crippen molar-refractivity contribution in [2.24, 2.45) is 5.92 Å². The number of benzene rings is 1. The Labute approximate surface area is 245 Å². The maximum Gasteiger partial charge on any atom is 0.416 e. The lowest BCUT2D eigenvalue weighted by atomic mass is 9.94. The SMILES string of the molecule is CCCCOC(=O)NC(CC(CCCOS(=O)(=O)c1cccc(C(F)(F)F)c1)C(=O)OC(C)(C)C)C(=O)OC(C)(C)C. The van der Waals surface area contributed by atoms with E-state index in [9.17, 15) is 36.0 Å². The zero-order valence-corrected chi connectivity index (χ0v) is 25.9. The summed E-state index contributed by atoms with van der Waals surface area (Å²) in [6.45, 7) is 11.4. The predicted molar refractivity (Wildman–Crippen MR) is 147 cm³/mol. The molecule has 0 fully saturated rings. The fraction of sp³-hybridized carbons (Fsp3) is 0.679. The maximum atomic E-state index is 13.1. The van der Waals surface area contributed by atoms with Crippen LogP contribution in [0.5, 0.6) is 0 Å². The van der Waals surface area contributed by atoms with E-state index in [0.29, 0.717) is 12.5 Å². The molecule has 0 aliphatic carbocycles. The molecule has 10 nitrogen and oxygen atoms in total. The second-order valence-corrected chi connectivity index (χ2v) is 13.2. The Balaban J connectivity index is 3.07. The number of amides is 1. The van der Waals surface area contributed by atoms with E-state index in [-0.39, 0.29) is 25.9 Å². The van der Waals surface area contributed by atoms with Crippen molar-refractivity contribution < 1.29 is 54.4 Å². The standard InChI is InChI=1S/C28H42F3NO9S/c1-8-9-15-38-25(35)32-22(24(34)41-27(5,6)7)17-19(23(33)40-26(2,3)4)12-11-16-39-42(36,37)21-14-10-13-20(18-21)28(29,30)31/h10,13-14,18-19,22H,8-9,11-12,15-17H2,1-7H3,(H,32,35). The Hall–Kier alpha value is -2.87. The lowest BCUT2D eigenvalue weighted by Gasteiger charge is -2.28. The summed E-state index contributed by atoms with van der Waals surface area (Å²) in [6, 6.07) is 1.83. The average molecular weight is 626 g/mol. The van der Waals surface area contributed by atoms with Crippen molar-refractivity contribution in [3.8, 4) is 0 Å². The van der Waals surface area contributed by atoms with Gasteiger partial charge in [-0.3, -0.25) is 8.98 Å². The number of hydrogen-bond donors (Lipinski definition) is 1. The molecule has 0 bridgehead atoms. The molecule has 1 aromatic carbocycles. The highest BCUT2D eigenvalue weighted by Gasteiger charge is 2.35. The summed E-state index contributed by atoms with van der Waals surface area (Å²) < 4.78 is 84.9. The molecule has 14 heteroatoms. The highest BCUT2D eigenvalue weighted by atomic mass is 32.2. The molecule has 2 atom stereocenters. The molecule has 0 saturated carbocycles. The highest BCUT2D eigenvalue weighted by Crippen LogP contribution is 2.31. The molecule has 240 valence electrons. The molecule has 0 aliphatic rings. The van der Waals surface area contributed by atoms with E-state index in [0.717, 1.165) is 24.6 Å². The summed E-state index contributed by atoms with van der Waals surface area (Å²) in [5, 5.41) is 2.44. The summed E-state index contributed by atoms with van der Waals surface area (Å²) in [5.41, 5.74) is -2.95. The predicted octanol–water partition coefficient (Wildman–Crippen LogP) is 5.78. The van der Waals surface area contributed by atoms with Gasteiger partial charge in [0.15, 0.2) is 0 Å². The lowest BCUT2D eigenvalue weighted by Crippen LogP contribution is -2.46. The molecule has 0 aromatic heterocycles. The number of rotatable bonds is 14. The second-order valence-electron chi connectivity index (χ2n) is 11.6. The van der Waals surface area contributed by atoms with Crippen molar-refractivity contribution in [1.82, 2.24) is 5.32 Å². The molecule has 0 aliphatic heterocycles. The van der Waals surface area contributed by atoms with Crippen molar-refractivity contribution in [2.45, 2.75) is 109 Å². The number of carbonyl (C=O) groups is 3. The zero-order valence-electron chi connectivity index (χ0n) is 25.1. The molecule has 0 radical (unpaired) electrons. The number of hydrogen-bond acceptors (Lipinski definition) is 9. The smallest absolute Gasteiger partial charge is 0.416 e. The second kappa shape index (κ2) is 15.6. The van der Waals surface area contributed by atoms with Gasteiger partial charge in [0.05, 0.1) is 29.6 Å². The van der Waals surface area contributed by atoms with Crippen LogP contribution in [0.15, 0.2) is 29.2 Å². The van der Waals surface area contributed by atoms with Gasteiger partial charge in [0.25, 0.3) is 10.1 Å². The van der Waals surface area contributed by atoms with Crippen LogP contribution in [0.3, 0.4) is 0 Å². The van der Waals surface area contributed by atoms with Gasteiger partial charge in [0.2, 0.25) is 0 Å². The normalized spacial score (nSPS) is 14.0. The van der Waals surface area contributed by atoms with Gasteiger partial charge < -0.3 is 19.5 Å². The quantitative estimate of drug-likeness (QED) is 0.118. The van der Waals surface area contributed by atoms with Crippen LogP contribution in [0.4, 0.5) is 18.0 Å². The molecule has 2 unspecified atom stereocenters. The third-order valence-corrected chi connectivity index (χ3v) is 6.67. The van der Waals surface area contributed by atoms with E-state index >= 15 is 0 Å². The van der Waals surface area contributed by atoms with Crippen LogP contribution in [0.1, 0.15) is 86.1 Å². The molecule has 42 heavy (non-hydrogen) atoms. The molecule has 1 aromatic rings. The Morgan fingerprint density at radius 2 is 1.50 bits per heavy atom. The van der Waals surface area contributed by atoms with Crippen molar-refractivity contribution in [3.63, 3.8) is 0 Å². The number of alkyl halides is 3. The van der Waals surface area contributed by atoms with E-state index in [1.54, 1.807) is 41.5 Å². The van der Waals surface area contributed by atoms with Gasteiger partial charge in [0, 0.05) is 0 Å². The van der Waals surface area contributed by atoms with E-state index in [4.69, 9.17) is 18.4 Å². The molecular formula is C28H42F3NO9S. The Morgan fingerprint density at radius 1 is 0.905 bits per heavy atom. The van der Waals surface area contributed by atoms with Gasteiger partial charge in [-0.2, -0.15) is 21.6 Å². The fourth-order valence-corrected chi connectivity index (χ4v) is 4.47. The van der Waals surface area contributed by atoms with Crippen LogP contribution < -0.4 is 5.32 Å². The first kappa shape index (κ1) is 37.2. The van der Waals surface area contributed by atoms with Crippen molar-refractivity contribution in [1.29, 1.82) is 0 Å². The maximum absolute atomic E-state index is 13.1. The summed E-state index contributed by atoms with van der Waals surface area (Å²) in [6.07, 6.45) is -4.59. The third-order valence-electron chi connectivity index (χ3n) is 5.36. The van der Waals surface area contributed by atoms with Gasteiger partial charge in [-0.05, 0) is 85.4 Å². The van der Waals surface area contributed by atoms with Gasteiger partial charge in [-0.15, -0.1) is 0 Å². The molecule has 1 rings (SSSR count). The van der Waals surface area contributed by atoms with Gasteiger partial charge in [-0.1, -0.05) is 19.4 Å². The monoisotopic (exact) mass is 625 g/mol. The van der Waals surface area contributed by atoms with Crippen molar-refractivity contribution in [3.05, 3.63) is 29.8 Å². The van der Waals surface area contributed by atoms with Crippen LogP contribution in [-0.4, -0.2) is 56.9 Å². The summed E-state index contributed by atoms with van der Waals surface area (Å²) >= 11 is 0. The first-order chi connectivity index (χ1) is 19.1. The van der Waals surface area contributed by atoms with Gasteiger partial charge in [0.1, 0.15) is 17.2 Å². The van der Waals surface area contributed by atoms with E-state index in [2.05, 4.69) is 5.32 Å². The molecular weight excluding hydrogens is 583 g/mol. The van der Waals surface area contributed by atoms with Crippen LogP contribution in [0, 0.1) is 5.92 Å². The highest BCUT2D eigenvalue weighted by molar-refractivity contribution is 7.86. The summed E-state index contributed by atoms with van der Waals surface area (Å²) in [5.74, 6) is -2.54. The molecule has 0 spiro atoms. The minimum atomic E-state index is -4.74. The van der Waals surface area contributed by atoms with Crippen LogP contribution >= 0.6 is 0 Å². The van der Waals surface area contributed by atoms with Crippen LogP contribution in [-0.2, 0) is 44.3 Å². The number of alkyl carbamates (subject to hydrolysis) is 1. The molecule has 0 heterocycles. The van der Waals surface area contributed by atoms with Crippen LogP contribution in [0.25, 0.3) is 0 Å². The number of nitrogens with one attached hydrogen (secondary N) is 1.